The van der Waals surface area contributed by atoms with Crippen molar-refractivity contribution in [3.63, 3.8) is 0 Å². The molecule has 1 aromatic carbocycles. The molecule has 0 bridgehead atoms. The highest BCUT2D eigenvalue weighted by molar-refractivity contribution is 7.18. The average molecular weight is 306 g/mol. The molecule has 0 fully saturated rings. The third kappa shape index (κ3) is 3.88. The number of aromatic nitrogens is 1. The molecule has 1 aromatic heterocycles. The molecule has 0 atom stereocenters. The predicted molar refractivity (Wildman–Crippen MR) is 89.2 cm³/mol. The summed E-state index contributed by atoms with van der Waals surface area (Å²) >= 11 is 1.54. The summed E-state index contributed by atoms with van der Waals surface area (Å²) in [7, 11) is 0. The molecule has 2 aromatic rings. The van der Waals surface area contributed by atoms with Gasteiger partial charge in [-0.1, -0.05) is 34.6 Å². The van der Waals surface area contributed by atoms with Crippen LogP contribution in [0.1, 0.15) is 50.0 Å². The van der Waals surface area contributed by atoms with Crippen LogP contribution in [0.4, 0.5) is 5.69 Å². The molecule has 114 valence electrons. The van der Waals surface area contributed by atoms with Gasteiger partial charge in [0.05, 0.1) is 15.4 Å². The summed E-state index contributed by atoms with van der Waals surface area (Å²) in [5, 5.41) is 3.74. The van der Waals surface area contributed by atoms with Crippen molar-refractivity contribution in [1.29, 1.82) is 0 Å². The van der Waals surface area contributed by atoms with Crippen LogP contribution in [0.15, 0.2) is 12.1 Å². The fraction of sp³-hybridized carbons (Fsp3) is 0.438. The van der Waals surface area contributed by atoms with Gasteiger partial charge < -0.3 is 5.32 Å². The van der Waals surface area contributed by atoms with E-state index in [1.807, 2.05) is 47.6 Å². The predicted octanol–water partition coefficient (Wildman–Crippen LogP) is 4.43. The second-order valence-corrected chi connectivity index (χ2v) is 6.67. The Balaban J connectivity index is 0.00000106. The zero-order chi connectivity index (χ0) is 16.2. The number of aryl methyl sites for hydroxylation is 1. The normalized spacial score (nSPS) is 10.8. The first-order valence-corrected chi connectivity index (χ1v) is 7.81. The molecule has 0 aliphatic rings. The number of hydrogen-bond acceptors (Lipinski definition) is 4. The van der Waals surface area contributed by atoms with Gasteiger partial charge in [-0.3, -0.25) is 9.59 Å². The minimum atomic E-state index is -0.520. The molecule has 5 heteroatoms. The second kappa shape index (κ2) is 6.80. The fourth-order valence-electron chi connectivity index (χ4n) is 1.65. The number of benzene rings is 1. The summed E-state index contributed by atoms with van der Waals surface area (Å²) in [6, 6.07) is 3.57. The smallest absolute Gasteiger partial charge is 0.229 e. The Labute approximate surface area is 129 Å². The van der Waals surface area contributed by atoms with E-state index in [4.69, 9.17) is 0 Å². The third-order valence-corrected chi connectivity index (χ3v) is 3.68. The largest absolute Gasteiger partial charge is 0.323 e. The summed E-state index contributed by atoms with van der Waals surface area (Å²) in [6.07, 6.45) is 0.742. The van der Waals surface area contributed by atoms with Gasteiger partial charge in [0.2, 0.25) is 5.91 Å². The first kappa shape index (κ1) is 17.3. The lowest BCUT2D eigenvalue weighted by molar-refractivity contribution is -0.123. The molecule has 2 rings (SSSR count). The number of thiazole rings is 1. The lowest BCUT2D eigenvalue weighted by Crippen LogP contribution is -2.28. The minimum Gasteiger partial charge on any atom is -0.323 e. The van der Waals surface area contributed by atoms with Gasteiger partial charge in [-0.2, -0.15) is 0 Å². The third-order valence-electron chi connectivity index (χ3n) is 2.75. The maximum atomic E-state index is 12.1. The highest BCUT2D eigenvalue weighted by Crippen LogP contribution is 2.31. The van der Waals surface area contributed by atoms with Gasteiger partial charge in [0.25, 0.3) is 0 Å². The second-order valence-electron chi connectivity index (χ2n) is 5.43. The summed E-state index contributed by atoms with van der Waals surface area (Å²) in [4.78, 5) is 27.6. The van der Waals surface area contributed by atoms with Gasteiger partial charge in [0, 0.05) is 11.0 Å². The molecule has 1 heterocycles. The van der Waals surface area contributed by atoms with E-state index in [-0.39, 0.29) is 5.91 Å². The van der Waals surface area contributed by atoms with Crippen LogP contribution in [0.5, 0.6) is 0 Å². The van der Waals surface area contributed by atoms with E-state index in [0.717, 1.165) is 16.0 Å². The molecule has 0 aliphatic heterocycles. The van der Waals surface area contributed by atoms with E-state index in [1.54, 1.807) is 17.4 Å². The van der Waals surface area contributed by atoms with Gasteiger partial charge in [0.15, 0.2) is 6.29 Å². The summed E-state index contributed by atoms with van der Waals surface area (Å²) in [6.45, 7) is 11.4. The Kier molecular flexibility index (Phi) is 5.61. The summed E-state index contributed by atoms with van der Waals surface area (Å²) in [5.41, 5.74) is 1.13. The molecule has 4 nitrogen and oxygen atoms in total. The fourth-order valence-corrected chi connectivity index (χ4v) is 2.49. The zero-order valence-corrected chi connectivity index (χ0v) is 14.2. The van der Waals surface area contributed by atoms with Crippen LogP contribution in [-0.4, -0.2) is 17.2 Å². The molecule has 0 saturated carbocycles. The molecule has 1 amide bonds. The highest BCUT2D eigenvalue weighted by Gasteiger charge is 2.23. The molecule has 1 N–H and O–H groups in total. The molecular formula is C16H22N2O2S. The van der Waals surface area contributed by atoms with Crippen LogP contribution in [0.3, 0.4) is 0 Å². The van der Waals surface area contributed by atoms with E-state index >= 15 is 0 Å². The molecule has 21 heavy (non-hydrogen) atoms. The van der Waals surface area contributed by atoms with Gasteiger partial charge in [-0.05, 0) is 19.1 Å². The number of fused-ring (bicyclic) bond motifs is 1. The lowest BCUT2D eigenvalue weighted by atomic mass is 9.95. The SMILES string of the molecule is CC.Cc1nc2c(NC(=O)C(C)(C)C)c(C=O)ccc2s1. The van der Waals surface area contributed by atoms with E-state index in [0.29, 0.717) is 16.8 Å². The monoisotopic (exact) mass is 306 g/mol. The quantitative estimate of drug-likeness (QED) is 0.835. The number of aldehydes is 1. The number of anilines is 1. The van der Waals surface area contributed by atoms with Crippen LogP contribution in [0.2, 0.25) is 0 Å². The average Bonchev–Trinajstić information content (AvgIpc) is 2.81. The maximum Gasteiger partial charge on any atom is 0.229 e. The van der Waals surface area contributed by atoms with Gasteiger partial charge in [-0.15, -0.1) is 11.3 Å². The van der Waals surface area contributed by atoms with E-state index in [9.17, 15) is 9.59 Å². The standard InChI is InChI=1S/C14H16N2O2S.C2H6/c1-8-15-12-10(19-8)6-5-9(7-17)11(12)16-13(18)14(2,3)4;1-2/h5-7H,1-4H3,(H,16,18);1-2H3. The van der Waals surface area contributed by atoms with Gasteiger partial charge in [-0.25, -0.2) is 4.98 Å². The Hall–Kier alpha value is -1.75. The van der Waals surface area contributed by atoms with Crippen molar-refractivity contribution in [2.45, 2.75) is 41.5 Å². The minimum absolute atomic E-state index is 0.131. The first-order chi connectivity index (χ1) is 9.82. The van der Waals surface area contributed by atoms with Crippen molar-refractivity contribution in [3.8, 4) is 0 Å². The molecule has 0 spiro atoms. The topological polar surface area (TPSA) is 59.1 Å². The van der Waals surface area contributed by atoms with Crippen molar-refractivity contribution < 1.29 is 9.59 Å². The number of hydrogen-bond donors (Lipinski definition) is 1. The van der Waals surface area contributed by atoms with Crippen molar-refractivity contribution in [1.82, 2.24) is 4.98 Å². The molecule has 0 saturated heterocycles. The Morgan fingerprint density at radius 1 is 1.29 bits per heavy atom. The molecule has 0 unspecified atom stereocenters. The number of carbonyl (C=O) groups is 2. The maximum absolute atomic E-state index is 12.1. The van der Waals surface area contributed by atoms with Crippen LogP contribution >= 0.6 is 11.3 Å². The number of rotatable bonds is 2. The van der Waals surface area contributed by atoms with Gasteiger partial charge >= 0.3 is 0 Å². The van der Waals surface area contributed by atoms with E-state index in [1.165, 1.54) is 0 Å². The van der Waals surface area contributed by atoms with E-state index in [2.05, 4.69) is 10.3 Å². The van der Waals surface area contributed by atoms with E-state index < -0.39 is 5.41 Å². The van der Waals surface area contributed by atoms with Crippen LogP contribution in [0.25, 0.3) is 10.2 Å². The molecular weight excluding hydrogens is 284 g/mol. The number of amides is 1. The molecule has 0 aliphatic carbocycles. The Morgan fingerprint density at radius 3 is 2.43 bits per heavy atom. The van der Waals surface area contributed by atoms with Crippen LogP contribution in [0, 0.1) is 12.3 Å². The lowest BCUT2D eigenvalue weighted by Gasteiger charge is -2.18. The molecule has 0 radical (unpaired) electrons. The first-order valence-electron chi connectivity index (χ1n) is 6.99. The van der Waals surface area contributed by atoms with Crippen LogP contribution < -0.4 is 5.32 Å². The number of carbonyl (C=O) groups excluding carboxylic acids is 2. The van der Waals surface area contributed by atoms with Crippen molar-refractivity contribution >= 4 is 39.4 Å². The highest BCUT2D eigenvalue weighted by atomic mass is 32.1. The van der Waals surface area contributed by atoms with Gasteiger partial charge in [0.1, 0.15) is 5.52 Å². The number of nitrogens with one attached hydrogen (secondary N) is 1. The van der Waals surface area contributed by atoms with Crippen molar-refractivity contribution in [3.05, 3.63) is 22.7 Å². The summed E-state index contributed by atoms with van der Waals surface area (Å²) < 4.78 is 0.965. The Morgan fingerprint density at radius 2 is 1.90 bits per heavy atom. The zero-order valence-electron chi connectivity index (χ0n) is 13.4. The van der Waals surface area contributed by atoms with Crippen molar-refractivity contribution in [2.75, 3.05) is 5.32 Å². The number of nitrogens with zero attached hydrogens (tertiary/aromatic N) is 1. The summed E-state index contributed by atoms with van der Waals surface area (Å²) in [5.74, 6) is -0.131. The van der Waals surface area contributed by atoms with Crippen molar-refractivity contribution in [2.24, 2.45) is 5.41 Å². The Bertz CT molecular complexity index is 654. The van der Waals surface area contributed by atoms with Crippen LogP contribution in [-0.2, 0) is 4.79 Å².